The summed E-state index contributed by atoms with van der Waals surface area (Å²) in [4.78, 5) is 43.1. The molecule has 4 rings (SSSR count). The molecule has 0 saturated heterocycles. The average Bonchev–Trinajstić information content (AvgIpc) is 3.00. The zero-order valence-electron chi connectivity index (χ0n) is 14.4. The van der Waals surface area contributed by atoms with Crippen LogP contribution in [0.4, 0.5) is 0 Å². The minimum Gasteiger partial charge on any atom is -0.465 e. The van der Waals surface area contributed by atoms with Crippen LogP contribution in [-0.2, 0) is 17.7 Å². The van der Waals surface area contributed by atoms with E-state index < -0.39 is 11.7 Å². The first kappa shape index (κ1) is 16.8. The molecule has 0 amide bonds. The molecule has 2 aromatic carbocycles. The van der Waals surface area contributed by atoms with E-state index in [0.29, 0.717) is 46.4 Å². The molecule has 0 saturated carbocycles. The number of benzene rings is 2. The third-order valence-electron chi connectivity index (χ3n) is 4.32. The van der Waals surface area contributed by atoms with E-state index in [4.69, 9.17) is 9.15 Å². The summed E-state index contributed by atoms with van der Waals surface area (Å²) in [6.45, 7) is 0.293. The number of aryl methyl sites for hydroxylation is 2. The van der Waals surface area contributed by atoms with Crippen LogP contribution in [0.3, 0.4) is 0 Å². The number of H-pyrrole nitrogens is 1. The maximum Gasteiger partial charge on any atom is 0.419 e. The Morgan fingerprint density at radius 3 is 2.85 bits per heavy atom. The minimum atomic E-state index is -0.503. The second kappa shape index (κ2) is 6.56. The highest BCUT2D eigenvalue weighted by Crippen LogP contribution is 2.14. The summed E-state index contributed by atoms with van der Waals surface area (Å²) in [7, 11) is 1.29. The standard InChI is InChI=1S/C19H15N3O5/c1-26-18(24)11-6-7-12-13(10-11)20-16(21-17(12)23)8-9-22-14-4-2-3-5-15(14)27-19(22)25/h2-7,10H,8-9H2,1H3,(H,20,21,23). The summed E-state index contributed by atoms with van der Waals surface area (Å²) in [6, 6.07) is 11.7. The molecule has 0 atom stereocenters. The van der Waals surface area contributed by atoms with Gasteiger partial charge in [0.15, 0.2) is 5.58 Å². The monoisotopic (exact) mass is 365 g/mol. The smallest absolute Gasteiger partial charge is 0.419 e. The molecule has 0 aliphatic carbocycles. The van der Waals surface area contributed by atoms with Gasteiger partial charge in [0, 0.05) is 13.0 Å². The Morgan fingerprint density at radius 2 is 2.04 bits per heavy atom. The molecule has 0 bridgehead atoms. The maximum absolute atomic E-state index is 12.3. The van der Waals surface area contributed by atoms with E-state index in [1.165, 1.54) is 29.9 Å². The van der Waals surface area contributed by atoms with Crippen LogP contribution in [-0.4, -0.2) is 27.6 Å². The first-order valence-electron chi connectivity index (χ1n) is 8.26. The summed E-state index contributed by atoms with van der Waals surface area (Å²) in [5.41, 5.74) is 1.58. The van der Waals surface area contributed by atoms with E-state index in [2.05, 4.69) is 9.97 Å². The van der Waals surface area contributed by atoms with Crippen LogP contribution in [0.5, 0.6) is 0 Å². The van der Waals surface area contributed by atoms with Gasteiger partial charge >= 0.3 is 11.7 Å². The van der Waals surface area contributed by atoms with Gasteiger partial charge in [0.25, 0.3) is 5.56 Å². The number of hydrogen-bond donors (Lipinski definition) is 1. The lowest BCUT2D eigenvalue weighted by Gasteiger charge is -2.05. The molecular formula is C19H15N3O5. The summed E-state index contributed by atoms with van der Waals surface area (Å²) in [5, 5.41) is 0.373. The van der Waals surface area contributed by atoms with Crippen molar-refractivity contribution < 1.29 is 13.9 Å². The Bertz CT molecular complexity index is 1280. The van der Waals surface area contributed by atoms with E-state index in [-0.39, 0.29) is 5.56 Å². The fourth-order valence-electron chi connectivity index (χ4n) is 2.99. The van der Waals surface area contributed by atoms with Crippen molar-refractivity contribution in [3.63, 3.8) is 0 Å². The number of fused-ring (bicyclic) bond motifs is 2. The van der Waals surface area contributed by atoms with E-state index in [1.54, 1.807) is 18.2 Å². The number of rotatable bonds is 4. The summed E-state index contributed by atoms with van der Waals surface area (Å²) < 4.78 is 11.4. The van der Waals surface area contributed by atoms with Gasteiger partial charge in [-0.1, -0.05) is 12.1 Å². The van der Waals surface area contributed by atoms with Gasteiger partial charge in [-0.05, 0) is 30.3 Å². The molecule has 0 spiro atoms. The number of oxazole rings is 1. The number of esters is 1. The first-order valence-corrected chi connectivity index (χ1v) is 8.26. The summed E-state index contributed by atoms with van der Waals surface area (Å²) in [6.07, 6.45) is 0.317. The van der Waals surface area contributed by atoms with Crippen molar-refractivity contribution in [3.8, 4) is 0 Å². The van der Waals surface area contributed by atoms with Gasteiger partial charge in [0.05, 0.1) is 29.1 Å². The summed E-state index contributed by atoms with van der Waals surface area (Å²) >= 11 is 0. The SMILES string of the molecule is COC(=O)c1ccc2c(=O)[nH]c(CCn3c(=O)oc4ccccc43)nc2c1. The fourth-order valence-corrected chi connectivity index (χ4v) is 2.99. The molecule has 4 aromatic rings. The van der Waals surface area contributed by atoms with Crippen molar-refractivity contribution in [3.05, 3.63) is 74.8 Å². The van der Waals surface area contributed by atoms with Crippen LogP contribution in [0.15, 0.2) is 56.5 Å². The Balaban J connectivity index is 1.69. The van der Waals surface area contributed by atoms with Gasteiger partial charge in [-0.25, -0.2) is 14.6 Å². The highest BCUT2D eigenvalue weighted by Gasteiger charge is 2.12. The van der Waals surface area contributed by atoms with Gasteiger partial charge < -0.3 is 14.1 Å². The highest BCUT2D eigenvalue weighted by molar-refractivity contribution is 5.93. The van der Waals surface area contributed by atoms with Crippen molar-refractivity contribution in [2.45, 2.75) is 13.0 Å². The van der Waals surface area contributed by atoms with E-state index in [0.717, 1.165) is 0 Å². The topological polar surface area (TPSA) is 107 Å². The number of nitrogens with zero attached hydrogens (tertiary/aromatic N) is 2. The minimum absolute atomic E-state index is 0.293. The van der Waals surface area contributed by atoms with E-state index in [9.17, 15) is 14.4 Å². The van der Waals surface area contributed by atoms with Crippen molar-refractivity contribution in [2.75, 3.05) is 7.11 Å². The summed E-state index contributed by atoms with van der Waals surface area (Å²) in [5.74, 6) is -0.559. The van der Waals surface area contributed by atoms with Gasteiger partial charge in [0.2, 0.25) is 0 Å². The normalized spacial score (nSPS) is 11.1. The van der Waals surface area contributed by atoms with E-state index >= 15 is 0 Å². The Morgan fingerprint density at radius 1 is 1.22 bits per heavy atom. The van der Waals surface area contributed by atoms with Gasteiger partial charge in [-0.3, -0.25) is 9.36 Å². The molecule has 0 radical (unpaired) electrons. The molecule has 27 heavy (non-hydrogen) atoms. The van der Waals surface area contributed by atoms with Crippen molar-refractivity contribution in [2.24, 2.45) is 0 Å². The number of methoxy groups -OCH3 is 1. The number of carbonyl (C=O) groups excluding carboxylic acids is 1. The van der Waals surface area contributed by atoms with Crippen LogP contribution in [0, 0.1) is 0 Å². The Kier molecular flexibility index (Phi) is 4.08. The number of para-hydroxylation sites is 2. The molecule has 2 aromatic heterocycles. The molecule has 2 heterocycles. The van der Waals surface area contributed by atoms with Crippen LogP contribution >= 0.6 is 0 Å². The number of carbonyl (C=O) groups is 1. The number of hydrogen-bond acceptors (Lipinski definition) is 6. The van der Waals surface area contributed by atoms with E-state index in [1.807, 2.05) is 6.07 Å². The third-order valence-corrected chi connectivity index (χ3v) is 4.32. The Labute approximate surface area is 152 Å². The Hall–Kier alpha value is -3.68. The quantitative estimate of drug-likeness (QED) is 0.553. The fraction of sp³-hybridized carbons (Fsp3) is 0.158. The van der Waals surface area contributed by atoms with Crippen molar-refractivity contribution >= 4 is 28.0 Å². The molecule has 0 aliphatic heterocycles. The van der Waals surface area contributed by atoms with Crippen LogP contribution in [0.1, 0.15) is 16.2 Å². The molecular weight excluding hydrogens is 350 g/mol. The number of nitrogens with one attached hydrogen (secondary N) is 1. The molecule has 8 heteroatoms. The lowest BCUT2D eigenvalue weighted by molar-refractivity contribution is 0.0601. The maximum atomic E-state index is 12.3. The zero-order valence-corrected chi connectivity index (χ0v) is 14.4. The van der Waals surface area contributed by atoms with Gasteiger partial charge in [-0.2, -0.15) is 0 Å². The zero-order chi connectivity index (χ0) is 19.0. The lowest BCUT2D eigenvalue weighted by atomic mass is 10.1. The highest BCUT2D eigenvalue weighted by atomic mass is 16.5. The third kappa shape index (κ3) is 3.01. The molecule has 0 fully saturated rings. The van der Waals surface area contributed by atoms with Crippen LogP contribution in [0.25, 0.3) is 22.0 Å². The van der Waals surface area contributed by atoms with Gasteiger partial charge in [0.1, 0.15) is 5.82 Å². The molecule has 8 nitrogen and oxygen atoms in total. The largest absolute Gasteiger partial charge is 0.465 e. The molecule has 136 valence electrons. The molecule has 0 unspecified atom stereocenters. The predicted molar refractivity (Wildman–Crippen MR) is 97.9 cm³/mol. The number of aromatic amines is 1. The molecule has 1 N–H and O–H groups in total. The lowest BCUT2D eigenvalue weighted by Crippen LogP contribution is -2.18. The first-order chi connectivity index (χ1) is 13.1. The van der Waals surface area contributed by atoms with Crippen molar-refractivity contribution in [1.82, 2.24) is 14.5 Å². The second-order valence-corrected chi connectivity index (χ2v) is 5.97. The number of aromatic nitrogens is 3. The average molecular weight is 365 g/mol. The van der Waals surface area contributed by atoms with Gasteiger partial charge in [-0.15, -0.1) is 0 Å². The van der Waals surface area contributed by atoms with Crippen LogP contribution < -0.4 is 11.3 Å². The van der Waals surface area contributed by atoms with Crippen molar-refractivity contribution in [1.29, 1.82) is 0 Å². The second-order valence-electron chi connectivity index (χ2n) is 5.97. The number of ether oxygens (including phenoxy) is 1. The molecule has 0 aliphatic rings. The predicted octanol–water partition coefficient (Wildman–Crippen LogP) is 1.86. The van der Waals surface area contributed by atoms with Crippen LogP contribution in [0.2, 0.25) is 0 Å².